The van der Waals surface area contributed by atoms with E-state index in [4.69, 9.17) is 0 Å². The fourth-order valence-corrected chi connectivity index (χ4v) is 2.38. The van der Waals surface area contributed by atoms with Gasteiger partial charge in [-0.25, -0.2) is 15.0 Å². The van der Waals surface area contributed by atoms with E-state index in [0.29, 0.717) is 6.54 Å². The van der Waals surface area contributed by atoms with Crippen LogP contribution in [0.25, 0.3) is 11.0 Å². The normalized spacial score (nSPS) is 12.1. The van der Waals surface area contributed by atoms with Crippen molar-refractivity contribution in [1.29, 1.82) is 0 Å². The first-order valence-electron chi connectivity index (χ1n) is 7.44. The maximum absolute atomic E-state index is 12.7. The Morgan fingerprint density at radius 2 is 1.96 bits per heavy atom. The summed E-state index contributed by atoms with van der Waals surface area (Å²) in [6.45, 7) is 4.44. The molecule has 0 saturated heterocycles. The second kappa shape index (κ2) is 6.10. The monoisotopic (exact) mass is 335 g/mol. The Kier molecular flexibility index (Phi) is 4.13. The van der Waals surface area contributed by atoms with E-state index < -0.39 is 11.9 Å². The van der Waals surface area contributed by atoms with E-state index in [1.807, 2.05) is 22.8 Å². The minimum Gasteiger partial charge on any atom is -0.350 e. The number of imidazole rings is 1. The summed E-state index contributed by atoms with van der Waals surface area (Å²) in [6.07, 6.45) is -1.61. The zero-order valence-electron chi connectivity index (χ0n) is 13.2. The zero-order chi connectivity index (χ0) is 17.3. The van der Waals surface area contributed by atoms with Crippen molar-refractivity contribution in [3.05, 3.63) is 48.0 Å². The number of hydrogen-bond acceptors (Lipinski definition) is 4. The highest BCUT2D eigenvalue weighted by molar-refractivity contribution is 5.76. The summed E-state index contributed by atoms with van der Waals surface area (Å²) < 4.78 is 40.0. The third-order valence-electron chi connectivity index (χ3n) is 3.59. The van der Waals surface area contributed by atoms with Gasteiger partial charge in [0.1, 0.15) is 5.69 Å². The second-order valence-corrected chi connectivity index (χ2v) is 5.69. The zero-order valence-corrected chi connectivity index (χ0v) is 13.2. The van der Waals surface area contributed by atoms with Crippen molar-refractivity contribution >= 4 is 17.0 Å². The molecular weight excluding hydrogens is 319 g/mol. The van der Waals surface area contributed by atoms with Crippen LogP contribution in [-0.2, 0) is 12.7 Å². The third kappa shape index (κ3) is 3.32. The second-order valence-electron chi connectivity index (χ2n) is 5.69. The number of anilines is 1. The molecule has 0 atom stereocenters. The Labute approximate surface area is 136 Å². The lowest BCUT2D eigenvalue weighted by atomic mass is 10.2. The van der Waals surface area contributed by atoms with Crippen LogP contribution in [0.3, 0.4) is 0 Å². The van der Waals surface area contributed by atoms with E-state index in [1.165, 1.54) is 0 Å². The van der Waals surface area contributed by atoms with E-state index in [-0.39, 0.29) is 12.0 Å². The molecular formula is C16H16F3N5. The van der Waals surface area contributed by atoms with Gasteiger partial charge in [0.2, 0.25) is 5.95 Å². The van der Waals surface area contributed by atoms with Crippen molar-refractivity contribution in [2.24, 2.45) is 0 Å². The summed E-state index contributed by atoms with van der Waals surface area (Å²) in [5, 5.41) is 2.83. The van der Waals surface area contributed by atoms with Crippen LogP contribution < -0.4 is 5.32 Å². The quantitative estimate of drug-likeness (QED) is 0.782. The predicted molar refractivity (Wildman–Crippen MR) is 84.5 cm³/mol. The molecule has 126 valence electrons. The number of halogens is 3. The van der Waals surface area contributed by atoms with Gasteiger partial charge in [0.15, 0.2) is 0 Å². The molecule has 2 aromatic heterocycles. The van der Waals surface area contributed by atoms with E-state index in [0.717, 1.165) is 28.9 Å². The molecule has 5 nitrogen and oxygen atoms in total. The summed E-state index contributed by atoms with van der Waals surface area (Å²) in [5.41, 5.74) is 1.80. The molecule has 0 amide bonds. The molecule has 24 heavy (non-hydrogen) atoms. The molecule has 0 bridgehead atoms. The van der Waals surface area contributed by atoms with Crippen molar-refractivity contribution in [3.63, 3.8) is 0 Å². The average molecular weight is 335 g/mol. The Balaban J connectivity index is 1.80. The van der Waals surface area contributed by atoms with Gasteiger partial charge < -0.3 is 9.88 Å². The van der Waals surface area contributed by atoms with Gasteiger partial charge in [-0.2, -0.15) is 13.2 Å². The predicted octanol–water partition coefficient (Wildman–Crippen LogP) is 4.04. The molecule has 0 aliphatic heterocycles. The molecule has 0 fully saturated rings. The highest BCUT2D eigenvalue weighted by Gasteiger charge is 2.32. The smallest absolute Gasteiger partial charge is 0.350 e. The molecule has 2 heterocycles. The molecule has 1 N–H and O–H groups in total. The van der Waals surface area contributed by atoms with Crippen LogP contribution in [0.15, 0.2) is 36.8 Å². The van der Waals surface area contributed by atoms with Crippen molar-refractivity contribution in [1.82, 2.24) is 19.5 Å². The van der Waals surface area contributed by atoms with Crippen molar-refractivity contribution in [2.75, 3.05) is 5.32 Å². The van der Waals surface area contributed by atoms with Crippen LogP contribution in [0.1, 0.15) is 31.1 Å². The van der Waals surface area contributed by atoms with Gasteiger partial charge in [-0.05, 0) is 37.6 Å². The van der Waals surface area contributed by atoms with Crippen LogP contribution in [0.4, 0.5) is 19.1 Å². The van der Waals surface area contributed by atoms with Gasteiger partial charge in [0.25, 0.3) is 0 Å². The molecule has 0 aliphatic rings. The Morgan fingerprint density at radius 1 is 1.17 bits per heavy atom. The van der Waals surface area contributed by atoms with Crippen LogP contribution >= 0.6 is 0 Å². The molecule has 0 saturated carbocycles. The van der Waals surface area contributed by atoms with Crippen molar-refractivity contribution in [2.45, 2.75) is 32.6 Å². The lowest BCUT2D eigenvalue weighted by Gasteiger charge is -2.10. The standard InChI is InChI=1S/C16H16F3N5/c1-10(2)24-9-22-12-4-3-11(7-13(12)24)8-21-15-20-6-5-14(23-15)16(17,18)19/h3-7,9-10H,8H2,1-2H3,(H,20,21,23). The topological polar surface area (TPSA) is 55.6 Å². The summed E-state index contributed by atoms with van der Waals surface area (Å²) in [7, 11) is 0. The van der Waals surface area contributed by atoms with Gasteiger partial charge in [-0.15, -0.1) is 0 Å². The molecule has 3 rings (SSSR count). The Morgan fingerprint density at radius 3 is 2.67 bits per heavy atom. The summed E-state index contributed by atoms with van der Waals surface area (Å²) in [5.74, 6) is -0.0534. The lowest BCUT2D eigenvalue weighted by molar-refractivity contribution is -0.141. The van der Waals surface area contributed by atoms with Gasteiger partial charge in [-0.1, -0.05) is 6.07 Å². The van der Waals surface area contributed by atoms with E-state index in [9.17, 15) is 13.2 Å². The highest BCUT2D eigenvalue weighted by atomic mass is 19.4. The number of rotatable bonds is 4. The van der Waals surface area contributed by atoms with E-state index in [2.05, 4.69) is 34.1 Å². The number of nitrogens with one attached hydrogen (secondary N) is 1. The number of aromatic nitrogens is 4. The fraction of sp³-hybridized carbons (Fsp3) is 0.312. The van der Waals surface area contributed by atoms with Crippen molar-refractivity contribution in [3.8, 4) is 0 Å². The molecule has 0 aliphatic carbocycles. The Bertz CT molecular complexity index is 854. The average Bonchev–Trinajstić information content (AvgIpc) is 2.95. The molecule has 0 spiro atoms. The van der Waals surface area contributed by atoms with E-state index >= 15 is 0 Å². The number of benzene rings is 1. The maximum atomic E-state index is 12.7. The number of nitrogens with zero attached hydrogens (tertiary/aromatic N) is 4. The summed E-state index contributed by atoms with van der Waals surface area (Å²) in [4.78, 5) is 11.6. The highest BCUT2D eigenvalue weighted by Crippen LogP contribution is 2.27. The van der Waals surface area contributed by atoms with Crippen LogP contribution in [0, 0.1) is 0 Å². The van der Waals surface area contributed by atoms with Crippen LogP contribution in [0.2, 0.25) is 0 Å². The molecule has 3 aromatic rings. The molecule has 1 aromatic carbocycles. The minimum absolute atomic E-state index is 0.0534. The van der Waals surface area contributed by atoms with Gasteiger partial charge in [0, 0.05) is 18.8 Å². The largest absolute Gasteiger partial charge is 0.433 e. The molecule has 0 radical (unpaired) electrons. The Hall–Kier alpha value is -2.64. The van der Waals surface area contributed by atoms with Crippen molar-refractivity contribution < 1.29 is 13.2 Å². The van der Waals surface area contributed by atoms with Gasteiger partial charge >= 0.3 is 6.18 Å². The van der Waals surface area contributed by atoms with Gasteiger partial charge in [0.05, 0.1) is 17.4 Å². The summed E-state index contributed by atoms with van der Waals surface area (Å²) >= 11 is 0. The number of fused-ring (bicyclic) bond motifs is 1. The lowest BCUT2D eigenvalue weighted by Crippen LogP contribution is -2.11. The summed E-state index contributed by atoms with van der Waals surface area (Å²) in [6, 6.07) is 6.84. The van der Waals surface area contributed by atoms with Crippen LogP contribution in [0.5, 0.6) is 0 Å². The fourth-order valence-electron chi connectivity index (χ4n) is 2.38. The van der Waals surface area contributed by atoms with E-state index in [1.54, 1.807) is 6.33 Å². The third-order valence-corrected chi connectivity index (χ3v) is 3.59. The van der Waals surface area contributed by atoms with Gasteiger partial charge in [-0.3, -0.25) is 0 Å². The SMILES string of the molecule is CC(C)n1cnc2ccc(CNc3nccc(C(F)(F)F)n3)cc21. The first kappa shape index (κ1) is 16.2. The first-order valence-corrected chi connectivity index (χ1v) is 7.44. The minimum atomic E-state index is -4.48. The maximum Gasteiger partial charge on any atom is 0.433 e. The number of hydrogen-bond donors (Lipinski definition) is 1. The number of alkyl halides is 3. The first-order chi connectivity index (χ1) is 11.3. The molecule has 8 heteroatoms. The van der Waals surface area contributed by atoms with Crippen LogP contribution in [-0.4, -0.2) is 19.5 Å². The molecule has 0 unspecified atom stereocenters.